The van der Waals surface area contributed by atoms with Crippen molar-refractivity contribution in [2.24, 2.45) is 0 Å². The number of para-hydroxylation sites is 1. The predicted molar refractivity (Wildman–Crippen MR) is 60.1 cm³/mol. The third kappa shape index (κ3) is 1.75. The molecule has 4 heteroatoms. The summed E-state index contributed by atoms with van der Waals surface area (Å²) < 4.78 is 0. The SMILES string of the molecule is Cc1cccc(C#N)c1N1CC(O)C(O)C1. The summed E-state index contributed by atoms with van der Waals surface area (Å²) in [5, 5.41) is 28.1. The molecule has 1 aromatic rings. The number of β-amino-alcohol motifs (C(OH)–C–C–N with tert-alkyl or cyclic N) is 2. The Labute approximate surface area is 94.4 Å². The maximum Gasteiger partial charge on any atom is 0.101 e. The molecule has 2 N–H and O–H groups in total. The Hall–Kier alpha value is -1.57. The first-order chi connectivity index (χ1) is 7.63. The number of benzene rings is 1. The van der Waals surface area contributed by atoms with Crippen LogP contribution in [-0.4, -0.2) is 35.5 Å². The second-order valence-corrected chi connectivity index (χ2v) is 4.12. The van der Waals surface area contributed by atoms with Crippen LogP contribution in [0.1, 0.15) is 11.1 Å². The van der Waals surface area contributed by atoms with Gasteiger partial charge >= 0.3 is 0 Å². The van der Waals surface area contributed by atoms with Gasteiger partial charge in [-0.05, 0) is 18.6 Å². The van der Waals surface area contributed by atoms with Crippen LogP contribution in [-0.2, 0) is 0 Å². The first-order valence-corrected chi connectivity index (χ1v) is 5.24. The Morgan fingerprint density at radius 2 is 1.94 bits per heavy atom. The van der Waals surface area contributed by atoms with E-state index in [0.717, 1.165) is 11.3 Å². The molecule has 2 unspecified atom stereocenters. The fourth-order valence-electron chi connectivity index (χ4n) is 2.12. The molecule has 1 aromatic carbocycles. The van der Waals surface area contributed by atoms with E-state index in [2.05, 4.69) is 6.07 Å². The minimum absolute atomic E-state index is 0.376. The average Bonchev–Trinajstić information content (AvgIpc) is 2.58. The molecule has 0 radical (unpaired) electrons. The lowest BCUT2D eigenvalue weighted by atomic mass is 10.1. The highest BCUT2D eigenvalue weighted by atomic mass is 16.3. The van der Waals surface area contributed by atoms with Gasteiger partial charge in [0.1, 0.15) is 6.07 Å². The monoisotopic (exact) mass is 218 g/mol. The van der Waals surface area contributed by atoms with Gasteiger partial charge in [-0.3, -0.25) is 0 Å². The van der Waals surface area contributed by atoms with Crippen molar-refractivity contribution in [1.29, 1.82) is 5.26 Å². The number of aliphatic hydroxyl groups excluding tert-OH is 2. The Kier molecular flexibility index (Phi) is 2.82. The van der Waals surface area contributed by atoms with Gasteiger partial charge in [-0.2, -0.15) is 5.26 Å². The summed E-state index contributed by atoms with van der Waals surface area (Å²) in [6, 6.07) is 7.64. The largest absolute Gasteiger partial charge is 0.389 e. The normalized spacial score (nSPS) is 24.5. The van der Waals surface area contributed by atoms with Gasteiger partial charge < -0.3 is 15.1 Å². The van der Waals surface area contributed by atoms with E-state index in [9.17, 15) is 10.2 Å². The summed E-state index contributed by atoms with van der Waals surface area (Å²) in [6.07, 6.45) is -1.46. The fraction of sp³-hybridized carbons (Fsp3) is 0.417. The standard InChI is InChI=1S/C12H14N2O2/c1-8-3-2-4-9(5-13)12(8)14-6-10(15)11(16)7-14/h2-4,10-11,15-16H,6-7H2,1H3. The molecule has 0 bridgehead atoms. The van der Waals surface area contributed by atoms with Crippen LogP contribution in [0.15, 0.2) is 18.2 Å². The number of nitrogens with zero attached hydrogens (tertiary/aromatic N) is 2. The Morgan fingerprint density at radius 3 is 2.50 bits per heavy atom. The van der Waals surface area contributed by atoms with E-state index in [4.69, 9.17) is 5.26 Å². The number of aryl methyl sites for hydroxylation is 1. The van der Waals surface area contributed by atoms with Crippen LogP contribution in [0.4, 0.5) is 5.69 Å². The molecule has 0 amide bonds. The Balaban J connectivity index is 2.38. The number of nitriles is 1. The van der Waals surface area contributed by atoms with Crippen molar-refractivity contribution < 1.29 is 10.2 Å². The molecular formula is C12H14N2O2. The zero-order valence-corrected chi connectivity index (χ0v) is 9.09. The number of aliphatic hydroxyl groups is 2. The molecule has 1 fully saturated rings. The first kappa shape index (κ1) is 10.9. The molecule has 2 atom stereocenters. The van der Waals surface area contributed by atoms with Crippen LogP contribution in [0.2, 0.25) is 0 Å². The van der Waals surface area contributed by atoms with Crippen LogP contribution in [0.5, 0.6) is 0 Å². The number of hydrogen-bond donors (Lipinski definition) is 2. The fourth-order valence-corrected chi connectivity index (χ4v) is 2.12. The molecule has 0 aliphatic carbocycles. The summed E-state index contributed by atoms with van der Waals surface area (Å²) >= 11 is 0. The second kappa shape index (κ2) is 4.12. The van der Waals surface area contributed by atoms with E-state index in [1.807, 2.05) is 24.0 Å². The highest BCUT2D eigenvalue weighted by Crippen LogP contribution is 2.28. The lowest BCUT2D eigenvalue weighted by molar-refractivity contribution is 0.0572. The van der Waals surface area contributed by atoms with Crippen molar-refractivity contribution in [3.8, 4) is 6.07 Å². The van der Waals surface area contributed by atoms with Crippen LogP contribution < -0.4 is 4.90 Å². The zero-order chi connectivity index (χ0) is 11.7. The quantitative estimate of drug-likeness (QED) is 0.716. The maximum absolute atomic E-state index is 9.51. The van der Waals surface area contributed by atoms with Gasteiger partial charge in [-0.25, -0.2) is 0 Å². The molecule has 2 rings (SSSR count). The minimum atomic E-state index is -0.730. The van der Waals surface area contributed by atoms with Gasteiger partial charge in [0, 0.05) is 13.1 Å². The van der Waals surface area contributed by atoms with E-state index >= 15 is 0 Å². The van der Waals surface area contributed by atoms with E-state index in [1.54, 1.807) is 6.07 Å². The van der Waals surface area contributed by atoms with Gasteiger partial charge in [0.2, 0.25) is 0 Å². The number of rotatable bonds is 1. The van der Waals surface area contributed by atoms with E-state index in [1.165, 1.54) is 0 Å². The van der Waals surface area contributed by atoms with Gasteiger partial charge in [-0.1, -0.05) is 12.1 Å². The first-order valence-electron chi connectivity index (χ1n) is 5.24. The molecule has 0 saturated carbocycles. The minimum Gasteiger partial charge on any atom is -0.389 e. The van der Waals surface area contributed by atoms with E-state index in [0.29, 0.717) is 18.7 Å². The topological polar surface area (TPSA) is 67.5 Å². The molecule has 1 heterocycles. The molecule has 1 aliphatic heterocycles. The van der Waals surface area contributed by atoms with Crippen molar-refractivity contribution in [3.63, 3.8) is 0 Å². The van der Waals surface area contributed by atoms with Crippen molar-refractivity contribution in [2.75, 3.05) is 18.0 Å². The highest BCUT2D eigenvalue weighted by molar-refractivity contribution is 5.64. The molecule has 84 valence electrons. The molecular weight excluding hydrogens is 204 g/mol. The lowest BCUT2D eigenvalue weighted by Gasteiger charge is -2.21. The van der Waals surface area contributed by atoms with Crippen molar-refractivity contribution in [2.45, 2.75) is 19.1 Å². The molecule has 0 spiro atoms. The second-order valence-electron chi connectivity index (χ2n) is 4.12. The summed E-state index contributed by atoms with van der Waals surface area (Å²) in [4.78, 5) is 1.86. The van der Waals surface area contributed by atoms with Crippen LogP contribution in [0.3, 0.4) is 0 Å². The highest BCUT2D eigenvalue weighted by Gasteiger charge is 2.31. The lowest BCUT2D eigenvalue weighted by Crippen LogP contribution is -2.23. The average molecular weight is 218 g/mol. The van der Waals surface area contributed by atoms with E-state index in [-0.39, 0.29) is 0 Å². The summed E-state index contributed by atoms with van der Waals surface area (Å²) in [5.41, 5.74) is 2.39. The van der Waals surface area contributed by atoms with E-state index < -0.39 is 12.2 Å². The maximum atomic E-state index is 9.51. The third-order valence-corrected chi connectivity index (χ3v) is 2.93. The smallest absolute Gasteiger partial charge is 0.101 e. The molecule has 1 aliphatic rings. The van der Waals surface area contributed by atoms with Crippen LogP contribution in [0.25, 0.3) is 0 Å². The van der Waals surface area contributed by atoms with Gasteiger partial charge in [0.15, 0.2) is 0 Å². The third-order valence-electron chi connectivity index (χ3n) is 2.93. The molecule has 0 aromatic heterocycles. The summed E-state index contributed by atoms with van der Waals surface area (Å²) in [5.74, 6) is 0. The molecule has 16 heavy (non-hydrogen) atoms. The molecule has 4 nitrogen and oxygen atoms in total. The van der Waals surface area contributed by atoms with Gasteiger partial charge in [-0.15, -0.1) is 0 Å². The predicted octanol–water partition coefficient (Wildman–Crippen LogP) is 0.408. The summed E-state index contributed by atoms with van der Waals surface area (Å²) in [7, 11) is 0. The number of anilines is 1. The zero-order valence-electron chi connectivity index (χ0n) is 9.09. The van der Waals surface area contributed by atoms with Crippen molar-refractivity contribution in [1.82, 2.24) is 0 Å². The summed E-state index contributed by atoms with van der Waals surface area (Å²) in [6.45, 7) is 2.68. The molecule has 1 saturated heterocycles. The van der Waals surface area contributed by atoms with Crippen molar-refractivity contribution >= 4 is 5.69 Å². The Morgan fingerprint density at radius 1 is 1.31 bits per heavy atom. The van der Waals surface area contributed by atoms with Crippen LogP contribution in [0, 0.1) is 18.3 Å². The van der Waals surface area contributed by atoms with Crippen molar-refractivity contribution in [3.05, 3.63) is 29.3 Å². The Bertz CT molecular complexity index is 429. The van der Waals surface area contributed by atoms with Crippen LogP contribution >= 0.6 is 0 Å². The number of hydrogen-bond acceptors (Lipinski definition) is 4. The van der Waals surface area contributed by atoms with Gasteiger partial charge in [0.25, 0.3) is 0 Å². The van der Waals surface area contributed by atoms with Gasteiger partial charge in [0.05, 0.1) is 23.5 Å².